The van der Waals surface area contributed by atoms with Gasteiger partial charge in [0.2, 0.25) is 0 Å². The summed E-state index contributed by atoms with van der Waals surface area (Å²) in [5, 5.41) is 3.63. The van der Waals surface area contributed by atoms with Crippen molar-refractivity contribution in [1.82, 2.24) is 5.32 Å². The van der Waals surface area contributed by atoms with Crippen molar-refractivity contribution < 1.29 is 9.13 Å². The fourth-order valence-electron chi connectivity index (χ4n) is 1.72. The summed E-state index contributed by atoms with van der Waals surface area (Å²) in [6.45, 7) is 3.87. The van der Waals surface area contributed by atoms with Gasteiger partial charge in [0.1, 0.15) is 5.82 Å². The van der Waals surface area contributed by atoms with Gasteiger partial charge in [-0.1, -0.05) is 17.7 Å². The van der Waals surface area contributed by atoms with Crippen molar-refractivity contribution in [3.63, 3.8) is 0 Å². The Morgan fingerprint density at radius 2 is 2.33 bits per heavy atom. The van der Waals surface area contributed by atoms with Crippen LogP contribution in [0.5, 0.6) is 0 Å². The van der Waals surface area contributed by atoms with Crippen LogP contribution in [0.3, 0.4) is 0 Å². The quantitative estimate of drug-likeness (QED) is 0.799. The van der Waals surface area contributed by atoms with E-state index >= 15 is 0 Å². The first-order valence-electron chi connectivity index (χ1n) is 4.97. The van der Waals surface area contributed by atoms with Crippen LogP contribution in [0, 0.1) is 12.7 Å². The van der Waals surface area contributed by atoms with E-state index in [1.54, 1.807) is 6.07 Å². The van der Waals surface area contributed by atoms with Crippen molar-refractivity contribution in [2.24, 2.45) is 0 Å². The normalized spacial score (nSPS) is 21.7. The zero-order valence-electron chi connectivity index (χ0n) is 8.52. The Balaban J connectivity index is 2.36. The maximum atomic E-state index is 13.6. The molecule has 1 fully saturated rings. The average Bonchev–Trinajstić information content (AvgIpc) is 2.26. The Kier molecular flexibility index (Phi) is 3.24. The van der Waals surface area contributed by atoms with E-state index in [0.29, 0.717) is 23.7 Å². The van der Waals surface area contributed by atoms with E-state index < -0.39 is 0 Å². The van der Waals surface area contributed by atoms with Gasteiger partial charge < -0.3 is 10.1 Å². The fraction of sp³-hybridized carbons (Fsp3) is 0.455. The summed E-state index contributed by atoms with van der Waals surface area (Å²) in [4.78, 5) is 0. The lowest BCUT2D eigenvalue weighted by Gasteiger charge is -2.25. The molecular weight excluding hydrogens is 217 g/mol. The largest absolute Gasteiger partial charge is 0.371 e. The van der Waals surface area contributed by atoms with Crippen LogP contribution in [0.15, 0.2) is 12.1 Å². The van der Waals surface area contributed by atoms with Crippen molar-refractivity contribution in [3.8, 4) is 0 Å². The molecule has 1 heterocycles. The molecule has 0 radical (unpaired) electrons. The second kappa shape index (κ2) is 4.47. The zero-order valence-corrected chi connectivity index (χ0v) is 9.27. The fourth-order valence-corrected chi connectivity index (χ4v) is 2.00. The monoisotopic (exact) mass is 229 g/mol. The SMILES string of the molecule is Cc1ccc(F)c(C2CNCCO2)c1Cl. The molecule has 15 heavy (non-hydrogen) atoms. The Morgan fingerprint density at radius 3 is 3.00 bits per heavy atom. The highest BCUT2D eigenvalue weighted by Crippen LogP contribution is 2.31. The molecule has 0 aliphatic carbocycles. The molecule has 0 aromatic heterocycles. The van der Waals surface area contributed by atoms with Crippen LogP contribution in [0.1, 0.15) is 17.2 Å². The van der Waals surface area contributed by atoms with Gasteiger partial charge in [-0.25, -0.2) is 4.39 Å². The van der Waals surface area contributed by atoms with Gasteiger partial charge in [-0.3, -0.25) is 0 Å². The highest BCUT2D eigenvalue weighted by Gasteiger charge is 2.22. The zero-order chi connectivity index (χ0) is 10.8. The number of morpholine rings is 1. The van der Waals surface area contributed by atoms with Gasteiger partial charge in [0.05, 0.1) is 17.7 Å². The van der Waals surface area contributed by atoms with Gasteiger partial charge in [0, 0.05) is 18.7 Å². The molecule has 1 N–H and O–H groups in total. The van der Waals surface area contributed by atoms with Crippen LogP contribution < -0.4 is 5.32 Å². The van der Waals surface area contributed by atoms with Gasteiger partial charge in [-0.05, 0) is 18.6 Å². The van der Waals surface area contributed by atoms with E-state index in [-0.39, 0.29) is 11.9 Å². The average molecular weight is 230 g/mol. The summed E-state index contributed by atoms with van der Waals surface area (Å²) in [5.74, 6) is -0.292. The van der Waals surface area contributed by atoms with Gasteiger partial charge in [0.15, 0.2) is 0 Å². The van der Waals surface area contributed by atoms with Crippen molar-refractivity contribution in [2.45, 2.75) is 13.0 Å². The molecule has 0 amide bonds. The predicted molar refractivity (Wildman–Crippen MR) is 57.7 cm³/mol. The minimum Gasteiger partial charge on any atom is -0.371 e. The van der Waals surface area contributed by atoms with Crippen molar-refractivity contribution in [2.75, 3.05) is 19.7 Å². The first-order chi connectivity index (χ1) is 7.20. The van der Waals surface area contributed by atoms with Crippen molar-refractivity contribution >= 4 is 11.6 Å². The van der Waals surface area contributed by atoms with Crippen molar-refractivity contribution in [3.05, 3.63) is 34.1 Å². The number of aryl methyl sites for hydroxylation is 1. The van der Waals surface area contributed by atoms with E-state index in [2.05, 4.69) is 5.32 Å². The van der Waals surface area contributed by atoms with Gasteiger partial charge in [0.25, 0.3) is 0 Å². The molecule has 0 bridgehead atoms. The number of nitrogens with one attached hydrogen (secondary N) is 1. The minimum atomic E-state index is -0.292. The molecule has 0 spiro atoms. The molecule has 1 unspecified atom stereocenters. The second-order valence-electron chi connectivity index (χ2n) is 3.66. The van der Waals surface area contributed by atoms with Crippen LogP contribution in [-0.2, 0) is 4.74 Å². The Morgan fingerprint density at radius 1 is 1.53 bits per heavy atom. The summed E-state index contributed by atoms with van der Waals surface area (Å²) in [6.07, 6.45) is -0.272. The molecule has 1 aliphatic rings. The number of rotatable bonds is 1. The first kappa shape index (κ1) is 10.9. The number of halogens is 2. The van der Waals surface area contributed by atoms with Crippen LogP contribution in [0.2, 0.25) is 5.02 Å². The molecule has 82 valence electrons. The summed E-state index contributed by atoms with van der Waals surface area (Å²) >= 11 is 6.08. The third-order valence-corrected chi connectivity index (χ3v) is 3.07. The third-order valence-electron chi connectivity index (χ3n) is 2.57. The van der Waals surface area contributed by atoms with Crippen LogP contribution in [0.25, 0.3) is 0 Å². The molecule has 2 rings (SSSR count). The predicted octanol–water partition coefficient (Wildman–Crippen LogP) is 2.45. The van der Waals surface area contributed by atoms with Gasteiger partial charge in [-0.2, -0.15) is 0 Å². The van der Waals surface area contributed by atoms with Crippen LogP contribution in [-0.4, -0.2) is 19.7 Å². The third kappa shape index (κ3) is 2.14. The van der Waals surface area contributed by atoms with Crippen LogP contribution in [0.4, 0.5) is 4.39 Å². The summed E-state index contributed by atoms with van der Waals surface area (Å²) < 4.78 is 19.1. The molecule has 1 aliphatic heterocycles. The standard InChI is InChI=1S/C11H13ClFNO/c1-7-2-3-8(13)10(11(7)12)9-6-14-4-5-15-9/h2-3,9,14H,4-6H2,1H3. The number of hydrogen-bond donors (Lipinski definition) is 1. The number of ether oxygens (including phenoxy) is 1. The van der Waals surface area contributed by atoms with E-state index in [0.717, 1.165) is 12.1 Å². The molecule has 2 nitrogen and oxygen atoms in total. The highest BCUT2D eigenvalue weighted by molar-refractivity contribution is 6.32. The smallest absolute Gasteiger partial charge is 0.130 e. The Labute approximate surface area is 93.4 Å². The molecule has 0 saturated carbocycles. The van der Waals surface area contributed by atoms with Gasteiger partial charge in [-0.15, -0.1) is 0 Å². The topological polar surface area (TPSA) is 21.3 Å². The molecule has 1 aromatic carbocycles. The maximum absolute atomic E-state index is 13.6. The first-order valence-corrected chi connectivity index (χ1v) is 5.35. The number of benzene rings is 1. The minimum absolute atomic E-state index is 0.272. The summed E-state index contributed by atoms with van der Waals surface area (Å²) in [6, 6.07) is 3.12. The maximum Gasteiger partial charge on any atom is 0.130 e. The van der Waals surface area contributed by atoms with E-state index in [1.807, 2.05) is 6.92 Å². The van der Waals surface area contributed by atoms with E-state index in [1.165, 1.54) is 6.07 Å². The van der Waals surface area contributed by atoms with Crippen LogP contribution >= 0.6 is 11.6 Å². The van der Waals surface area contributed by atoms with Gasteiger partial charge >= 0.3 is 0 Å². The Bertz CT molecular complexity index is 364. The molecule has 1 aromatic rings. The van der Waals surface area contributed by atoms with E-state index in [9.17, 15) is 4.39 Å². The van der Waals surface area contributed by atoms with Crippen molar-refractivity contribution in [1.29, 1.82) is 0 Å². The molecular formula is C11H13ClFNO. The molecule has 4 heteroatoms. The highest BCUT2D eigenvalue weighted by atomic mass is 35.5. The van der Waals surface area contributed by atoms with E-state index in [4.69, 9.17) is 16.3 Å². The molecule has 1 saturated heterocycles. The lowest BCUT2D eigenvalue weighted by atomic mass is 10.0. The summed E-state index contributed by atoms with van der Waals surface area (Å²) in [5.41, 5.74) is 1.35. The lowest BCUT2D eigenvalue weighted by Crippen LogP contribution is -2.34. The molecule has 1 atom stereocenters. The summed E-state index contributed by atoms with van der Waals surface area (Å²) in [7, 11) is 0. The second-order valence-corrected chi connectivity index (χ2v) is 4.03. The number of hydrogen-bond acceptors (Lipinski definition) is 2. The lowest BCUT2D eigenvalue weighted by molar-refractivity contribution is 0.0256. The Hall–Kier alpha value is -0.640.